The molecule has 0 unspecified atom stereocenters. The van der Waals surface area contributed by atoms with E-state index >= 15 is 0 Å². The van der Waals surface area contributed by atoms with Gasteiger partial charge in [-0.15, -0.1) is 0 Å². The SMILES string of the molecule is O=C(Nc1cc(Cl)ccc1Cl)C(=O)NC1CCCCCC1. The van der Waals surface area contributed by atoms with Crippen LogP contribution in [0.1, 0.15) is 38.5 Å². The molecule has 1 aliphatic rings. The minimum atomic E-state index is -0.719. The Morgan fingerprint density at radius 2 is 1.67 bits per heavy atom. The minimum absolute atomic E-state index is 0.0839. The minimum Gasteiger partial charge on any atom is -0.345 e. The molecule has 0 bridgehead atoms. The summed E-state index contributed by atoms with van der Waals surface area (Å²) in [7, 11) is 0. The van der Waals surface area contributed by atoms with Crippen LogP contribution in [-0.2, 0) is 9.59 Å². The highest BCUT2D eigenvalue weighted by Crippen LogP contribution is 2.25. The molecule has 6 heteroatoms. The second-order valence-corrected chi connectivity index (χ2v) is 6.08. The molecule has 1 aromatic rings. The van der Waals surface area contributed by atoms with Crippen LogP contribution in [0.15, 0.2) is 18.2 Å². The number of carbonyl (C=O) groups excluding carboxylic acids is 2. The van der Waals surface area contributed by atoms with Crippen molar-refractivity contribution in [2.75, 3.05) is 5.32 Å². The predicted molar refractivity (Wildman–Crippen MR) is 84.7 cm³/mol. The van der Waals surface area contributed by atoms with Crippen molar-refractivity contribution in [1.82, 2.24) is 5.32 Å². The molecule has 0 radical (unpaired) electrons. The number of anilines is 1. The Morgan fingerprint density at radius 1 is 1.00 bits per heavy atom. The summed E-state index contributed by atoms with van der Waals surface area (Å²) in [4.78, 5) is 23.8. The van der Waals surface area contributed by atoms with Crippen LogP contribution in [0.2, 0.25) is 10.0 Å². The molecule has 2 rings (SSSR count). The van der Waals surface area contributed by atoms with Gasteiger partial charge in [0.05, 0.1) is 10.7 Å². The van der Waals surface area contributed by atoms with Gasteiger partial charge in [0.15, 0.2) is 0 Å². The van der Waals surface area contributed by atoms with Gasteiger partial charge in [-0.1, -0.05) is 48.9 Å². The Labute approximate surface area is 134 Å². The van der Waals surface area contributed by atoms with E-state index in [1.54, 1.807) is 12.1 Å². The van der Waals surface area contributed by atoms with E-state index in [0.29, 0.717) is 15.7 Å². The number of hydrogen-bond acceptors (Lipinski definition) is 2. The molecular weight excluding hydrogens is 311 g/mol. The largest absolute Gasteiger partial charge is 0.345 e. The smallest absolute Gasteiger partial charge is 0.313 e. The lowest BCUT2D eigenvalue weighted by Crippen LogP contribution is -2.41. The fourth-order valence-corrected chi connectivity index (χ4v) is 2.78. The lowest BCUT2D eigenvalue weighted by Gasteiger charge is -2.16. The average molecular weight is 329 g/mol. The average Bonchev–Trinajstić information content (AvgIpc) is 2.71. The fourth-order valence-electron chi connectivity index (χ4n) is 2.45. The molecule has 1 aromatic carbocycles. The predicted octanol–water partition coefficient (Wildman–Crippen LogP) is 3.77. The highest BCUT2D eigenvalue weighted by Gasteiger charge is 2.20. The summed E-state index contributed by atoms with van der Waals surface area (Å²) in [5.41, 5.74) is 0.338. The molecule has 2 N–H and O–H groups in total. The Kier molecular flexibility index (Phi) is 5.88. The second-order valence-electron chi connectivity index (χ2n) is 5.24. The first kappa shape index (κ1) is 16.1. The van der Waals surface area contributed by atoms with Crippen molar-refractivity contribution in [3.63, 3.8) is 0 Å². The molecule has 0 heterocycles. The van der Waals surface area contributed by atoms with Gasteiger partial charge >= 0.3 is 11.8 Å². The maximum Gasteiger partial charge on any atom is 0.313 e. The van der Waals surface area contributed by atoms with Crippen molar-refractivity contribution in [1.29, 1.82) is 0 Å². The third-order valence-corrected chi connectivity index (χ3v) is 4.14. The molecule has 0 spiro atoms. The van der Waals surface area contributed by atoms with Crippen LogP contribution in [0.5, 0.6) is 0 Å². The van der Waals surface area contributed by atoms with E-state index in [0.717, 1.165) is 25.7 Å². The highest BCUT2D eigenvalue weighted by molar-refractivity contribution is 6.42. The van der Waals surface area contributed by atoms with Gasteiger partial charge < -0.3 is 10.6 Å². The number of amides is 2. The van der Waals surface area contributed by atoms with Gasteiger partial charge in [0.1, 0.15) is 0 Å². The Balaban J connectivity index is 1.92. The highest BCUT2D eigenvalue weighted by atomic mass is 35.5. The molecule has 0 aliphatic heterocycles. The third-order valence-electron chi connectivity index (χ3n) is 3.57. The quantitative estimate of drug-likeness (QED) is 0.641. The summed E-state index contributed by atoms with van der Waals surface area (Å²) >= 11 is 11.8. The summed E-state index contributed by atoms with van der Waals surface area (Å²) in [6.45, 7) is 0. The summed E-state index contributed by atoms with van der Waals surface area (Å²) in [5, 5.41) is 6.06. The number of benzene rings is 1. The fraction of sp³-hybridized carbons (Fsp3) is 0.467. The summed E-state index contributed by atoms with van der Waals surface area (Å²) in [6, 6.07) is 4.79. The molecule has 4 nitrogen and oxygen atoms in total. The monoisotopic (exact) mass is 328 g/mol. The first-order valence-electron chi connectivity index (χ1n) is 7.13. The van der Waals surface area contributed by atoms with E-state index in [4.69, 9.17) is 23.2 Å². The standard InChI is InChI=1S/C15H18Cl2N2O2/c16-10-7-8-12(17)13(9-10)19-15(21)14(20)18-11-5-3-1-2-4-6-11/h7-9,11H,1-6H2,(H,18,20)(H,19,21). The van der Waals surface area contributed by atoms with Crippen LogP contribution in [0.25, 0.3) is 0 Å². The van der Waals surface area contributed by atoms with Crippen LogP contribution in [0.4, 0.5) is 5.69 Å². The van der Waals surface area contributed by atoms with Crippen LogP contribution < -0.4 is 10.6 Å². The van der Waals surface area contributed by atoms with Gasteiger partial charge in [-0.2, -0.15) is 0 Å². The van der Waals surface area contributed by atoms with E-state index < -0.39 is 11.8 Å². The molecule has 1 fully saturated rings. The van der Waals surface area contributed by atoms with Gasteiger partial charge in [0, 0.05) is 11.1 Å². The number of hydrogen-bond donors (Lipinski definition) is 2. The molecule has 114 valence electrons. The van der Waals surface area contributed by atoms with Gasteiger partial charge in [-0.25, -0.2) is 0 Å². The van der Waals surface area contributed by atoms with Gasteiger partial charge in [-0.05, 0) is 31.0 Å². The van der Waals surface area contributed by atoms with E-state index in [-0.39, 0.29) is 6.04 Å². The van der Waals surface area contributed by atoms with E-state index in [2.05, 4.69) is 10.6 Å². The molecule has 2 amide bonds. The normalized spacial score (nSPS) is 16.1. The summed E-state index contributed by atoms with van der Waals surface area (Å²) in [6.07, 6.45) is 6.42. The lowest BCUT2D eigenvalue weighted by molar-refractivity contribution is -0.136. The zero-order valence-corrected chi connectivity index (χ0v) is 13.1. The van der Waals surface area contributed by atoms with Gasteiger partial charge in [0.25, 0.3) is 0 Å². The molecule has 1 saturated carbocycles. The number of halogens is 2. The van der Waals surface area contributed by atoms with Crippen LogP contribution in [0.3, 0.4) is 0 Å². The van der Waals surface area contributed by atoms with Crippen LogP contribution in [0, 0.1) is 0 Å². The molecule has 21 heavy (non-hydrogen) atoms. The zero-order chi connectivity index (χ0) is 15.2. The van der Waals surface area contributed by atoms with E-state index in [1.807, 2.05) is 0 Å². The van der Waals surface area contributed by atoms with E-state index in [9.17, 15) is 9.59 Å². The molecule has 1 aliphatic carbocycles. The molecular formula is C15H18Cl2N2O2. The Morgan fingerprint density at radius 3 is 2.33 bits per heavy atom. The lowest BCUT2D eigenvalue weighted by atomic mass is 10.1. The first-order chi connectivity index (χ1) is 10.1. The molecule has 0 aromatic heterocycles. The zero-order valence-electron chi connectivity index (χ0n) is 11.6. The molecule has 0 atom stereocenters. The Hall–Kier alpha value is -1.26. The third kappa shape index (κ3) is 4.90. The van der Waals surface area contributed by atoms with E-state index in [1.165, 1.54) is 18.9 Å². The topological polar surface area (TPSA) is 58.2 Å². The first-order valence-corrected chi connectivity index (χ1v) is 7.89. The number of carbonyl (C=O) groups is 2. The van der Waals surface area contributed by atoms with Crippen molar-refractivity contribution >= 4 is 40.7 Å². The maximum atomic E-state index is 11.9. The van der Waals surface area contributed by atoms with Crippen molar-refractivity contribution in [2.45, 2.75) is 44.6 Å². The van der Waals surface area contributed by atoms with Crippen molar-refractivity contribution < 1.29 is 9.59 Å². The maximum absolute atomic E-state index is 11.9. The van der Waals surface area contributed by atoms with Crippen LogP contribution in [-0.4, -0.2) is 17.9 Å². The second kappa shape index (κ2) is 7.66. The molecule has 0 saturated heterocycles. The number of rotatable bonds is 2. The van der Waals surface area contributed by atoms with Gasteiger partial charge in [-0.3, -0.25) is 9.59 Å². The van der Waals surface area contributed by atoms with Crippen molar-refractivity contribution in [2.24, 2.45) is 0 Å². The number of nitrogens with one attached hydrogen (secondary N) is 2. The van der Waals surface area contributed by atoms with Crippen LogP contribution >= 0.6 is 23.2 Å². The van der Waals surface area contributed by atoms with Gasteiger partial charge in [0.2, 0.25) is 0 Å². The van der Waals surface area contributed by atoms with Crippen molar-refractivity contribution in [3.8, 4) is 0 Å². The summed E-state index contributed by atoms with van der Waals surface area (Å²) in [5.74, 6) is -1.35. The summed E-state index contributed by atoms with van der Waals surface area (Å²) < 4.78 is 0. The Bertz CT molecular complexity index is 526. The van der Waals surface area contributed by atoms with Crippen molar-refractivity contribution in [3.05, 3.63) is 28.2 Å².